The van der Waals surface area contributed by atoms with Gasteiger partial charge in [-0.15, -0.1) is 0 Å². The number of aromatic hydroxyl groups is 1. The molecule has 3 aromatic carbocycles. The summed E-state index contributed by atoms with van der Waals surface area (Å²) in [5, 5.41) is 19.7. The molecule has 0 fully saturated rings. The first-order chi connectivity index (χ1) is 11.4. The number of carboxylic acids is 1. The van der Waals surface area contributed by atoms with Gasteiger partial charge in [0.15, 0.2) is 0 Å². The van der Waals surface area contributed by atoms with Crippen molar-refractivity contribution in [2.75, 3.05) is 4.72 Å². The minimum Gasteiger partial charge on any atom is -0.507 e. The van der Waals surface area contributed by atoms with E-state index in [0.29, 0.717) is 5.69 Å². The Morgan fingerprint density at radius 2 is 1.50 bits per heavy atom. The summed E-state index contributed by atoms with van der Waals surface area (Å²) < 4.78 is 27.8. The fourth-order valence-electron chi connectivity index (χ4n) is 2.49. The van der Waals surface area contributed by atoms with Crippen LogP contribution in [0.25, 0.3) is 10.8 Å². The van der Waals surface area contributed by atoms with E-state index in [1.54, 1.807) is 42.5 Å². The van der Waals surface area contributed by atoms with E-state index in [-0.39, 0.29) is 21.2 Å². The van der Waals surface area contributed by atoms with Gasteiger partial charge in [0.2, 0.25) is 0 Å². The summed E-state index contributed by atoms with van der Waals surface area (Å²) in [7, 11) is -4.01. The highest BCUT2D eigenvalue weighted by atomic mass is 32.2. The van der Waals surface area contributed by atoms with Crippen LogP contribution in [0.1, 0.15) is 10.4 Å². The average Bonchev–Trinajstić information content (AvgIpc) is 2.54. The molecule has 0 aliphatic carbocycles. The number of nitrogens with one attached hydrogen (secondary N) is 1. The quantitative estimate of drug-likeness (QED) is 0.675. The van der Waals surface area contributed by atoms with Gasteiger partial charge < -0.3 is 10.2 Å². The van der Waals surface area contributed by atoms with Crippen molar-refractivity contribution in [3.63, 3.8) is 0 Å². The highest BCUT2D eigenvalue weighted by molar-refractivity contribution is 7.93. The molecule has 7 heteroatoms. The first-order valence-electron chi connectivity index (χ1n) is 6.96. The first-order valence-corrected chi connectivity index (χ1v) is 8.44. The molecule has 0 heterocycles. The molecule has 6 nitrogen and oxygen atoms in total. The number of hydrogen-bond donors (Lipinski definition) is 3. The maximum Gasteiger partial charge on any atom is 0.340 e. The highest BCUT2D eigenvalue weighted by Gasteiger charge is 2.24. The van der Waals surface area contributed by atoms with Crippen LogP contribution in [-0.4, -0.2) is 24.6 Å². The van der Waals surface area contributed by atoms with Gasteiger partial charge in [0.05, 0.1) is 4.90 Å². The van der Waals surface area contributed by atoms with Gasteiger partial charge in [0.1, 0.15) is 11.3 Å². The molecule has 0 spiro atoms. The summed E-state index contributed by atoms with van der Waals surface area (Å²) in [6.45, 7) is 0. The maximum absolute atomic E-state index is 12.7. The van der Waals surface area contributed by atoms with Crippen LogP contribution in [0.2, 0.25) is 0 Å². The van der Waals surface area contributed by atoms with E-state index in [4.69, 9.17) is 0 Å². The van der Waals surface area contributed by atoms with E-state index in [0.717, 1.165) is 6.07 Å². The fourth-order valence-corrected chi connectivity index (χ4v) is 3.78. The number of phenols is 1. The predicted molar refractivity (Wildman–Crippen MR) is 89.8 cm³/mol. The zero-order chi connectivity index (χ0) is 17.3. The highest BCUT2D eigenvalue weighted by Crippen LogP contribution is 2.33. The van der Waals surface area contributed by atoms with E-state index >= 15 is 0 Å². The van der Waals surface area contributed by atoms with Crippen molar-refractivity contribution in [3.05, 3.63) is 66.2 Å². The summed E-state index contributed by atoms with van der Waals surface area (Å²) in [5.41, 5.74) is 0.0349. The number of aromatic carboxylic acids is 1. The third kappa shape index (κ3) is 2.77. The van der Waals surface area contributed by atoms with Gasteiger partial charge in [-0.3, -0.25) is 4.72 Å². The molecule has 3 N–H and O–H groups in total. The number of carboxylic acid groups (broad SMARTS) is 1. The smallest absolute Gasteiger partial charge is 0.340 e. The topological polar surface area (TPSA) is 104 Å². The minimum absolute atomic E-state index is 0.151. The number of fused-ring (bicyclic) bond motifs is 1. The molecule has 0 amide bonds. The molecule has 0 aliphatic rings. The number of anilines is 1. The van der Waals surface area contributed by atoms with Crippen molar-refractivity contribution in [2.45, 2.75) is 4.90 Å². The lowest BCUT2D eigenvalue weighted by atomic mass is 10.0. The molecule has 0 unspecified atom stereocenters. The van der Waals surface area contributed by atoms with Crippen molar-refractivity contribution in [3.8, 4) is 5.75 Å². The second-order valence-corrected chi connectivity index (χ2v) is 6.74. The second kappa shape index (κ2) is 5.86. The van der Waals surface area contributed by atoms with Crippen LogP contribution in [0.5, 0.6) is 5.75 Å². The van der Waals surface area contributed by atoms with Gasteiger partial charge in [0.25, 0.3) is 10.0 Å². The predicted octanol–water partition coefficient (Wildman–Crippen LogP) is 3.04. The van der Waals surface area contributed by atoms with Gasteiger partial charge in [-0.2, -0.15) is 0 Å². The molecule has 0 saturated heterocycles. The summed E-state index contributed by atoms with van der Waals surface area (Å²) in [6, 6.07) is 15.4. The van der Waals surface area contributed by atoms with Gasteiger partial charge in [-0.25, -0.2) is 13.2 Å². The normalized spacial score (nSPS) is 11.3. The molecule has 0 radical (unpaired) electrons. The van der Waals surface area contributed by atoms with Gasteiger partial charge in [-0.05, 0) is 12.1 Å². The van der Waals surface area contributed by atoms with E-state index in [9.17, 15) is 23.4 Å². The molecule has 0 aromatic heterocycles. The van der Waals surface area contributed by atoms with Crippen LogP contribution >= 0.6 is 0 Å². The lowest BCUT2D eigenvalue weighted by molar-refractivity contribution is 0.0696. The Bertz CT molecular complexity index is 1030. The SMILES string of the molecule is O=C(O)c1c(O)cc(S(=O)(=O)Nc2ccccc2)c2ccccc12. The third-order valence-corrected chi connectivity index (χ3v) is 4.94. The van der Waals surface area contributed by atoms with Crippen molar-refractivity contribution < 1.29 is 23.4 Å². The lowest BCUT2D eigenvalue weighted by Crippen LogP contribution is -2.14. The monoisotopic (exact) mass is 343 g/mol. The Morgan fingerprint density at radius 3 is 2.12 bits per heavy atom. The second-order valence-electron chi connectivity index (χ2n) is 5.09. The zero-order valence-corrected chi connectivity index (χ0v) is 13.1. The standard InChI is InChI=1S/C17H13NO5S/c19-14-10-15(24(22,23)18-11-6-2-1-3-7-11)12-8-4-5-9-13(12)16(14)17(20)21/h1-10,18-19H,(H,20,21). The van der Waals surface area contributed by atoms with Crippen molar-refractivity contribution >= 4 is 32.5 Å². The van der Waals surface area contributed by atoms with Crippen LogP contribution in [0.3, 0.4) is 0 Å². The summed E-state index contributed by atoms with van der Waals surface area (Å²) >= 11 is 0. The third-order valence-electron chi connectivity index (χ3n) is 3.52. The molecular formula is C17H13NO5S. The Kier molecular flexibility index (Phi) is 3.86. The summed E-state index contributed by atoms with van der Waals surface area (Å²) in [5.74, 6) is -1.93. The molecule has 122 valence electrons. The van der Waals surface area contributed by atoms with Crippen molar-refractivity contribution in [2.24, 2.45) is 0 Å². The molecule has 0 saturated carbocycles. The Labute approximate surface area is 138 Å². The van der Waals surface area contributed by atoms with Crippen molar-refractivity contribution in [1.29, 1.82) is 0 Å². The van der Waals surface area contributed by atoms with E-state index in [1.807, 2.05) is 0 Å². The van der Waals surface area contributed by atoms with E-state index < -0.39 is 21.7 Å². The fraction of sp³-hybridized carbons (Fsp3) is 0. The zero-order valence-electron chi connectivity index (χ0n) is 12.3. The number of benzene rings is 3. The first kappa shape index (κ1) is 15.8. The largest absolute Gasteiger partial charge is 0.507 e. The molecule has 24 heavy (non-hydrogen) atoms. The number of para-hydroxylation sites is 1. The molecule has 3 rings (SSSR count). The number of sulfonamides is 1. The van der Waals surface area contributed by atoms with Crippen LogP contribution < -0.4 is 4.72 Å². The lowest BCUT2D eigenvalue weighted by Gasteiger charge is -2.13. The molecular weight excluding hydrogens is 330 g/mol. The van der Waals surface area contributed by atoms with Crippen LogP contribution in [-0.2, 0) is 10.0 Å². The van der Waals surface area contributed by atoms with Crippen LogP contribution in [0.4, 0.5) is 5.69 Å². The Morgan fingerprint density at radius 1 is 0.917 bits per heavy atom. The van der Waals surface area contributed by atoms with Crippen molar-refractivity contribution in [1.82, 2.24) is 0 Å². The number of hydrogen-bond acceptors (Lipinski definition) is 4. The molecule has 3 aromatic rings. The van der Waals surface area contributed by atoms with Gasteiger partial charge >= 0.3 is 5.97 Å². The van der Waals surface area contributed by atoms with Gasteiger partial charge in [0, 0.05) is 22.5 Å². The Balaban J connectivity index is 2.23. The minimum atomic E-state index is -4.01. The van der Waals surface area contributed by atoms with Crippen LogP contribution in [0.15, 0.2) is 65.6 Å². The average molecular weight is 343 g/mol. The number of rotatable bonds is 4. The Hall–Kier alpha value is -3.06. The van der Waals surface area contributed by atoms with Crippen LogP contribution in [0, 0.1) is 0 Å². The van der Waals surface area contributed by atoms with E-state index in [1.165, 1.54) is 12.1 Å². The molecule has 0 bridgehead atoms. The van der Waals surface area contributed by atoms with Gasteiger partial charge in [-0.1, -0.05) is 42.5 Å². The summed E-state index contributed by atoms with van der Waals surface area (Å²) in [6.07, 6.45) is 0. The van der Waals surface area contributed by atoms with E-state index in [2.05, 4.69) is 4.72 Å². The molecule has 0 aliphatic heterocycles. The number of carbonyl (C=O) groups is 1. The maximum atomic E-state index is 12.7. The molecule has 0 atom stereocenters. The summed E-state index contributed by atoms with van der Waals surface area (Å²) in [4.78, 5) is 11.2.